The number of para-hydroxylation sites is 1. The number of piperazine rings is 1. The zero-order valence-corrected chi connectivity index (χ0v) is 15.6. The minimum Gasteiger partial charge on any atom is -0.463 e. The molecule has 1 atom stereocenters. The first-order chi connectivity index (χ1) is 13.0. The highest BCUT2D eigenvalue weighted by molar-refractivity contribution is 5.94. The predicted molar refractivity (Wildman–Crippen MR) is 99.8 cm³/mol. The number of nitrogens with zero attached hydrogens (tertiary/aromatic N) is 2. The van der Waals surface area contributed by atoms with Gasteiger partial charge in [0.15, 0.2) is 0 Å². The van der Waals surface area contributed by atoms with E-state index < -0.39 is 12.0 Å². The van der Waals surface area contributed by atoms with Crippen LogP contribution in [0, 0.1) is 5.82 Å². The molecule has 7 nitrogen and oxygen atoms in total. The Morgan fingerprint density at radius 3 is 2.63 bits per heavy atom. The Morgan fingerprint density at radius 1 is 1.26 bits per heavy atom. The number of benzene rings is 1. The summed E-state index contributed by atoms with van der Waals surface area (Å²) in [4.78, 5) is 28.3. The maximum absolute atomic E-state index is 14.0. The van der Waals surface area contributed by atoms with Crippen LogP contribution in [-0.4, -0.2) is 62.3 Å². The molecule has 2 heterocycles. The number of urea groups is 1. The number of halogens is 1. The zero-order valence-electron chi connectivity index (χ0n) is 15.6. The summed E-state index contributed by atoms with van der Waals surface area (Å²) in [6, 6.07) is 6.01. The van der Waals surface area contributed by atoms with Crippen molar-refractivity contribution in [2.75, 3.05) is 44.2 Å². The smallest absolute Gasteiger partial charge is 0.337 e. The van der Waals surface area contributed by atoms with Gasteiger partial charge in [0.05, 0.1) is 23.9 Å². The zero-order chi connectivity index (χ0) is 19.4. The van der Waals surface area contributed by atoms with E-state index >= 15 is 0 Å². The van der Waals surface area contributed by atoms with Crippen molar-refractivity contribution in [1.82, 2.24) is 15.5 Å². The van der Waals surface area contributed by atoms with E-state index in [9.17, 15) is 14.0 Å². The lowest BCUT2D eigenvalue weighted by Crippen LogP contribution is -2.53. The lowest BCUT2D eigenvalue weighted by atomic mass is 10.0. The van der Waals surface area contributed by atoms with E-state index in [0.717, 1.165) is 0 Å². The first-order valence-electron chi connectivity index (χ1n) is 9.19. The molecule has 1 aromatic carbocycles. The molecule has 0 saturated carbocycles. The molecule has 27 heavy (non-hydrogen) atoms. The number of hydrogen-bond acceptors (Lipinski definition) is 5. The van der Waals surface area contributed by atoms with E-state index in [1.54, 1.807) is 26.0 Å². The number of hydrogen-bond donors (Lipinski definition) is 2. The number of amides is 2. The third-order valence-electron chi connectivity index (χ3n) is 4.81. The van der Waals surface area contributed by atoms with Gasteiger partial charge < -0.3 is 20.3 Å². The van der Waals surface area contributed by atoms with E-state index in [2.05, 4.69) is 15.5 Å². The van der Waals surface area contributed by atoms with Gasteiger partial charge in [-0.3, -0.25) is 4.90 Å². The standard InChI is InChI=1S/C19H25FN4O3/c1-3-27-18(25)17-13(2)21-19(26)22-15(17)12-23-8-10-24(11-9-23)16-7-5-4-6-14(16)20/h4-7,13H,3,8-12H2,1-2H3,(H2,21,22,26). The molecule has 0 aliphatic carbocycles. The van der Waals surface area contributed by atoms with Crippen LogP contribution >= 0.6 is 0 Å². The summed E-state index contributed by atoms with van der Waals surface area (Å²) in [6.45, 7) is 6.97. The van der Waals surface area contributed by atoms with Crippen LogP contribution in [0.3, 0.4) is 0 Å². The Morgan fingerprint density at radius 2 is 1.96 bits per heavy atom. The summed E-state index contributed by atoms with van der Waals surface area (Å²) in [5.74, 6) is -0.643. The Labute approximate surface area is 158 Å². The molecule has 0 spiro atoms. The fourth-order valence-corrected chi connectivity index (χ4v) is 3.48. The summed E-state index contributed by atoms with van der Waals surface area (Å²) in [5, 5.41) is 5.44. The van der Waals surface area contributed by atoms with E-state index in [-0.39, 0.29) is 18.5 Å². The first-order valence-corrected chi connectivity index (χ1v) is 9.19. The maximum atomic E-state index is 14.0. The number of esters is 1. The second-order valence-corrected chi connectivity index (χ2v) is 6.65. The van der Waals surface area contributed by atoms with Gasteiger partial charge in [0.25, 0.3) is 0 Å². The highest BCUT2D eigenvalue weighted by Crippen LogP contribution is 2.21. The van der Waals surface area contributed by atoms with Crippen LogP contribution in [0.25, 0.3) is 0 Å². The lowest BCUT2D eigenvalue weighted by Gasteiger charge is -2.37. The van der Waals surface area contributed by atoms with E-state index in [0.29, 0.717) is 49.7 Å². The number of ether oxygens (including phenoxy) is 1. The third kappa shape index (κ3) is 4.39. The lowest BCUT2D eigenvalue weighted by molar-refractivity contribution is -0.139. The largest absolute Gasteiger partial charge is 0.463 e. The molecule has 1 saturated heterocycles. The van der Waals surface area contributed by atoms with Crippen LogP contribution in [-0.2, 0) is 9.53 Å². The van der Waals surface area contributed by atoms with Gasteiger partial charge in [0.2, 0.25) is 0 Å². The van der Waals surface area contributed by atoms with Crippen molar-refractivity contribution in [1.29, 1.82) is 0 Å². The molecule has 1 aromatic rings. The summed E-state index contributed by atoms with van der Waals surface area (Å²) >= 11 is 0. The number of anilines is 1. The molecular weight excluding hydrogens is 351 g/mol. The van der Waals surface area contributed by atoms with Crippen molar-refractivity contribution in [2.45, 2.75) is 19.9 Å². The quantitative estimate of drug-likeness (QED) is 0.762. The molecule has 0 radical (unpaired) electrons. The topological polar surface area (TPSA) is 73.9 Å². The van der Waals surface area contributed by atoms with Gasteiger partial charge >= 0.3 is 12.0 Å². The number of rotatable bonds is 5. The monoisotopic (exact) mass is 376 g/mol. The number of carbonyl (C=O) groups excluding carboxylic acids is 2. The second-order valence-electron chi connectivity index (χ2n) is 6.65. The van der Waals surface area contributed by atoms with Gasteiger partial charge in [0.1, 0.15) is 5.82 Å². The summed E-state index contributed by atoms with van der Waals surface area (Å²) in [5.41, 5.74) is 1.63. The number of carbonyl (C=O) groups is 2. The van der Waals surface area contributed by atoms with Gasteiger partial charge in [-0.2, -0.15) is 0 Å². The average molecular weight is 376 g/mol. The highest BCUT2D eigenvalue weighted by atomic mass is 19.1. The van der Waals surface area contributed by atoms with Crippen molar-refractivity contribution >= 4 is 17.7 Å². The van der Waals surface area contributed by atoms with Gasteiger partial charge in [-0.05, 0) is 26.0 Å². The Hall–Kier alpha value is -2.61. The molecule has 146 valence electrons. The first kappa shape index (κ1) is 19.2. The van der Waals surface area contributed by atoms with Crippen LogP contribution < -0.4 is 15.5 Å². The van der Waals surface area contributed by atoms with Gasteiger partial charge in [-0.15, -0.1) is 0 Å². The van der Waals surface area contributed by atoms with Crippen LogP contribution in [0.2, 0.25) is 0 Å². The van der Waals surface area contributed by atoms with Crippen LogP contribution in [0.5, 0.6) is 0 Å². The molecule has 0 bridgehead atoms. The molecule has 8 heteroatoms. The SMILES string of the molecule is CCOC(=O)C1=C(CN2CCN(c3ccccc3F)CC2)NC(=O)NC1C. The second kappa shape index (κ2) is 8.39. The minimum absolute atomic E-state index is 0.224. The molecule has 1 fully saturated rings. The molecule has 1 unspecified atom stereocenters. The highest BCUT2D eigenvalue weighted by Gasteiger charge is 2.31. The molecule has 3 rings (SSSR count). The van der Waals surface area contributed by atoms with Crippen LogP contribution in [0.1, 0.15) is 13.8 Å². The fourth-order valence-electron chi connectivity index (χ4n) is 3.48. The molecular formula is C19H25FN4O3. The molecule has 0 aromatic heterocycles. The molecule has 2 N–H and O–H groups in total. The fraction of sp³-hybridized carbons (Fsp3) is 0.474. The van der Waals surface area contributed by atoms with Crippen molar-refractivity contribution in [3.63, 3.8) is 0 Å². The summed E-state index contributed by atoms with van der Waals surface area (Å²) in [7, 11) is 0. The van der Waals surface area contributed by atoms with E-state index in [1.807, 2.05) is 11.0 Å². The minimum atomic E-state index is -0.419. The van der Waals surface area contributed by atoms with Gasteiger partial charge in [0, 0.05) is 38.4 Å². The van der Waals surface area contributed by atoms with Crippen molar-refractivity contribution in [3.8, 4) is 0 Å². The Bertz CT molecular complexity index is 744. The van der Waals surface area contributed by atoms with Crippen molar-refractivity contribution in [2.24, 2.45) is 0 Å². The molecule has 2 aliphatic heterocycles. The Balaban J connectivity index is 1.69. The van der Waals surface area contributed by atoms with Crippen LogP contribution in [0.4, 0.5) is 14.9 Å². The van der Waals surface area contributed by atoms with Crippen molar-refractivity contribution in [3.05, 3.63) is 41.4 Å². The molecule has 2 amide bonds. The van der Waals surface area contributed by atoms with E-state index in [4.69, 9.17) is 4.74 Å². The predicted octanol–water partition coefficient (Wildman–Crippen LogP) is 1.47. The van der Waals surface area contributed by atoms with Gasteiger partial charge in [-0.25, -0.2) is 14.0 Å². The maximum Gasteiger partial charge on any atom is 0.337 e. The molecule has 2 aliphatic rings. The average Bonchev–Trinajstić information content (AvgIpc) is 2.62. The van der Waals surface area contributed by atoms with Gasteiger partial charge in [-0.1, -0.05) is 12.1 Å². The number of nitrogens with one attached hydrogen (secondary N) is 2. The Kier molecular flexibility index (Phi) is 5.95. The van der Waals surface area contributed by atoms with Crippen molar-refractivity contribution < 1.29 is 18.7 Å². The summed E-state index contributed by atoms with van der Waals surface area (Å²) in [6.07, 6.45) is 0. The van der Waals surface area contributed by atoms with Crippen LogP contribution in [0.15, 0.2) is 35.5 Å². The normalized spacial score (nSPS) is 20.9. The summed E-state index contributed by atoms with van der Waals surface area (Å²) < 4.78 is 19.1. The van der Waals surface area contributed by atoms with E-state index in [1.165, 1.54) is 6.07 Å². The third-order valence-corrected chi connectivity index (χ3v) is 4.81.